The summed E-state index contributed by atoms with van der Waals surface area (Å²) >= 11 is 0. The lowest BCUT2D eigenvalue weighted by Crippen LogP contribution is -2.14. The normalized spacial score (nSPS) is 12.1. The van der Waals surface area contributed by atoms with Gasteiger partial charge in [0.25, 0.3) is 5.91 Å². The molecule has 1 heterocycles. The predicted octanol–water partition coefficient (Wildman–Crippen LogP) is 1.39. The number of aromatic nitrogens is 2. The number of anilines is 1. The molecule has 21 heavy (non-hydrogen) atoms. The topological polar surface area (TPSA) is 122 Å². The third-order valence-electron chi connectivity index (χ3n) is 2.56. The van der Waals surface area contributed by atoms with E-state index in [1.54, 1.807) is 30.6 Å². The van der Waals surface area contributed by atoms with Crippen molar-refractivity contribution >= 4 is 19.3 Å². The van der Waals surface area contributed by atoms with Crippen LogP contribution in [0.15, 0.2) is 18.5 Å². The Labute approximate surface area is 123 Å². The molecular weight excluding hydrogens is 295 g/mol. The smallest absolute Gasteiger partial charge is 0.334 e. The summed E-state index contributed by atoms with van der Waals surface area (Å²) in [6.45, 7) is 4.54. The average molecular weight is 316 g/mol. The van der Waals surface area contributed by atoms with Gasteiger partial charge in [0.2, 0.25) is 0 Å². The second-order valence-corrected chi connectivity index (χ2v) is 6.20. The first-order valence-electron chi connectivity index (χ1n) is 6.57. The summed E-state index contributed by atoms with van der Waals surface area (Å²) in [5.41, 5.74) is 10.9. The molecule has 0 unspecified atom stereocenters. The van der Waals surface area contributed by atoms with E-state index in [0.29, 0.717) is 19.8 Å². The first-order chi connectivity index (χ1) is 9.93. The molecule has 0 aliphatic rings. The van der Waals surface area contributed by atoms with Gasteiger partial charge in [-0.15, -0.1) is 0 Å². The highest BCUT2D eigenvalue weighted by Gasteiger charge is 2.21. The van der Waals surface area contributed by atoms with Crippen molar-refractivity contribution in [1.82, 2.24) is 9.55 Å². The number of allylic oxidation sites excluding steroid dienone is 2. The lowest BCUT2D eigenvalue weighted by molar-refractivity contribution is 0.0997. The molecule has 118 valence electrons. The number of amides is 1. The molecule has 0 spiro atoms. The van der Waals surface area contributed by atoms with Gasteiger partial charge in [-0.2, -0.15) is 0 Å². The Morgan fingerprint density at radius 3 is 2.48 bits per heavy atom. The highest BCUT2D eigenvalue weighted by molar-refractivity contribution is 7.54. The highest BCUT2D eigenvalue weighted by Crippen LogP contribution is 2.47. The van der Waals surface area contributed by atoms with Crippen molar-refractivity contribution in [3.8, 4) is 0 Å². The monoisotopic (exact) mass is 316 g/mol. The van der Waals surface area contributed by atoms with Crippen molar-refractivity contribution in [3.63, 3.8) is 0 Å². The van der Waals surface area contributed by atoms with Gasteiger partial charge in [0.15, 0.2) is 5.69 Å². The van der Waals surface area contributed by atoms with Gasteiger partial charge in [-0.05, 0) is 13.8 Å². The second-order valence-electron chi connectivity index (χ2n) is 4.10. The van der Waals surface area contributed by atoms with Crippen molar-refractivity contribution in [2.75, 3.05) is 25.1 Å². The van der Waals surface area contributed by atoms with E-state index in [0.717, 1.165) is 0 Å². The average Bonchev–Trinajstić information content (AvgIpc) is 2.77. The van der Waals surface area contributed by atoms with Crippen LogP contribution in [-0.2, 0) is 20.2 Å². The van der Waals surface area contributed by atoms with Crippen LogP contribution in [0.25, 0.3) is 0 Å². The first kappa shape index (κ1) is 17.4. The van der Waals surface area contributed by atoms with Gasteiger partial charge >= 0.3 is 7.60 Å². The number of primary amides is 1. The van der Waals surface area contributed by atoms with E-state index in [1.807, 2.05) is 0 Å². The molecular formula is C12H21N4O4P. The number of nitrogens with zero attached hydrogens (tertiary/aromatic N) is 2. The van der Waals surface area contributed by atoms with Crippen LogP contribution < -0.4 is 11.5 Å². The van der Waals surface area contributed by atoms with Crippen LogP contribution in [0.4, 0.5) is 5.82 Å². The van der Waals surface area contributed by atoms with Crippen LogP contribution in [0.3, 0.4) is 0 Å². The Bertz CT molecular complexity index is 545. The Balaban J connectivity index is 2.62. The fourth-order valence-corrected chi connectivity index (χ4v) is 3.13. The number of imidazole rings is 1. The summed E-state index contributed by atoms with van der Waals surface area (Å²) in [6, 6.07) is 0. The van der Waals surface area contributed by atoms with Gasteiger partial charge in [-0.25, -0.2) is 4.98 Å². The lowest BCUT2D eigenvalue weighted by Gasteiger charge is -2.14. The first-order valence-corrected chi connectivity index (χ1v) is 8.29. The number of rotatable bonds is 9. The van der Waals surface area contributed by atoms with Crippen molar-refractivity contribution < 1.29 is 18.4 Å². The second kappa shape index (κ2) is 7.97. The van der Waals surface area contributed by atoms with Gasteiger partial charge in [0.05, 0.1) is 25.7 Å². The lowest BCUT2D eigenvalue weighted by atomic mass is 10.4. The maximum absolute atomic E-state index is 12.2. The van der Waals surface area contributed by atoms with E-state index in [4.69, 9.17) is 20.5 Å². The molecule has 0 aliphatic carbocycles. The van der Waals surface area contributed by atoms with Gasteiger partial charge in [-0.3, -0.25) is 9.36 Å². The summed E-state index contributed by atoms with van der Waals surface area (Å²) in [4.78, 5) is 14.8. The van der Waals surface area contributed by atoms with Crippen LogP contribution >= 0.6 is 7.60 Å². The minimum absolute atomic E-state index is 0.0395. The third-order valence-corrected chi connectivity index (χ3v) is 4.52. The minimum Gasteiger partial charge on any atom is -0.383 e. The zero-order valence-corrected chi connectivity index (χ0v) is 13.1. The molecule has 1 amide bonds. The number of nitrogen functional groups attached to an aromatic ring is 1. The van der Waals surface area contributed by atoms with Gasteiger partial charge in [-0.1, -0.05) is 12.2 Å². The summed E-state index contributed by atoms with van der Waals surface area (Å²) in [7, 11) is -3.08. The summed E-state index contributed by atoms with van der Waals surface area (Å²) in [5, 5.41) is 0. The van der Waals surface area contributed by atoms with Crippen LogP contribution in [0.2, 0.25) is 0 Å². The molecule has 0 atom stereocenters. The zero-order chi connectivity index (χ0) is 15.9. The number of hydrogen-bond donors (Lipinski definition) is 2. The largest absolute Gasteiger partial charge is 0.383 e. The Morgan fingerprint density at radius 1 is 1.38 bits per heavy atom. The molecule has 8 nitrogen and oxygen atoms in total. The van der Waals surface area contributed by atoms with Crippen molar-refractivity contribution in [1.29, 1.82) is 0 Å². The molecule has 9 heteroatoms. The predicted molar refractivity (Wildman–Crippen MR) is 80.0 cm³/mol. The fraction of sp³-hybridized carbons (Fsp3) is 0.500. The third kappa shape index (κ3) is 5.00. The maximum atomic E-state index is 12.2. The fourth-order valence-electron chi connectivity index (χ4n) is 1.65. The van der Waals surface area contributed by atoms with Crippen LogP contribution in [0.5, 0.6) is 0 Å². The molecule has 0 saturated carbocycles. The number of carbonyl (C=O) groups is 1. The van der Waals surface area contributed by atoms with Crippen molar-refractivity contribution in [3.05, 3.63) is 24.2 Å². The minimum atomic E-state index is -3.08. The molecule has 1 aromatic heterocycles. The van der Waals surface area contributed by atoms with Crippen molar-refractivity contribution in [2.24, 2.45) is 5.73 Å². The molecule has 0 aromatic carbocycles. The molecule has 0 radical (unpaired) electrons. The zero-order valence-electron chi connectivity index (χ0n) is 12.2. The van der Waals surface area contributed by atoms with E-state index in [2.05, 4.69) is 4.98 Å². The molecule has 0 fully saturated rings. The standard InChI is InChI=1S/C12H21N4O4P/c1-3-19-21(18,20-4-2)8-6-5-7-16-9-15-10(11(16)13)12(14)17/h5-6,9H,3-4,7-8,13H2,1-2H3,(H2,14,17)/b6-5+. The van der Waals surface area contributed by atoms with E-state index in [1.165, 1.54) is 6.33 Å². The SMILES string of the molecule is CCOP(=O)(C/C=C/Cn1cnc(C(N)=O)c1N)OCC. The van der Waals surface area contributed by atoms with Crippen molar-refractivity contribution in [2.45, 2.75) is 20.4 Å². The highest BCUT2D eigenvalue weighted by atomic mass is 31.2. The molecule has 4 N–H and O–H groups in total. The van der Waals surface area contributed by atoms with E-state index in [-0.39, 0.29) is 17.7 Å². The number of hydrogen-bond acceptors (Lipinski definition) is 6. The molecule has 0 saturated heterocycles. The molecule has 0 aliphatic heterocycles. The van der Waals surface area contributed by atoms with Crippen LogP contribution in [0.1, 0.15) is 24.3 Å². The van der Waals surface area contributed by atoms with E-state index >= 15 is 0 Å². The van der Waals surface area contributed by atoms with Gasteiger partial charge in [0.1, 0.15) is 5.82 Å². The molecule has 1 rings (SSSR count). The van der Waals surface area contributed by atoms with Gasteiger partial charge in [0, 0.05) is 6.54 Å². The van der Waals surface area contributed by atoms with Crippen LogP contribution in [-0.4, -0.2) is 34.8 Å². The summed E-state index contributed by atoms with van der Waals surface area (Å²) in [6.07, 6.45) is 5.03. The van der Waals surface area contributed by atoms with Crippen LogP contribution in [0, 0.1) is 0 Å². The Kier molecular flexibility index (Phi) is 6.61. The Morgan fingerprint density at radius 2 is 2.00 bits per heavy atom. The van der Waals surface area contributed by atoms with Gasteiger partial charge < -0.3 is 25.1 Å². The summed E-state index contributed by atoms with van der Waals surface area (Å²) in [5.74, 6) is -0.475. The number of carbonyl (C=O) groups excluding carboxylic acids is 1. The molecule has 1 aromatic rings. The maximum Gasteiger partial charge on any atom is 0.334 e. The van der Waals surface area contributed by atoms with E-state index in [9.17, 15) is 9.36 Å². The molecule has 0 bridgehead atoms. The Hall–Kier alpha value is -1.63. The van der Waals surface area contributed by atoms with E-state index < -0.39 is 13.5 Å². The number of nitrogens with two attached hydrogens (primary N) is 2. The quantitative estimate of drug-likeness (QED) is 0.524. The summed E-state index contributed by atoms with van der Waals surface area (Å²) < 4.78 is 24.1.